The molecular formula is C18H13BrI2N2O2S. The van der Waals surface area contributed by atoms with E-state index in [0.29, 0.717) is 15.6 Å². The normalized spacial score (nSPS) is 17.2. The molecule has 2 aromatic carbocycles. The molecule has 0 spiro atoms. The number of amidine groups is 1. The van der Waals surface area contributed by atoms with Crippen LogP contribution in [0.15, 0.2) is 38.6 Å². The average molecular weight is 655 g/mol. The first-order valence-corrected chi connectivity index (χ1v) is 11.3. The molecule has 1 amide bonds. The number of hydrogen-bond acceptors (Lipinski definition) is 4. The topological polar surface area (TPSA) is 61.7 Å². The zero-order valence-electron chi connectivity index (χ0n) is 13.7. The van der Waals surface area contributed by atoms with Gasteiger partial charge in [-0.25, -0.2) is 4.99 Å². The van der Waals surface area contributed by atoms with Crippen molar-refractivity contribution in [3.05, 3.63) is 57.5 Å². The highest BCUT2D eigenvalue weighted by molar-refractivity contribution is 14.1. The molecule has 0 radical (unpaired) electrons. The van der Waals surface area contributed by atoms with Crippen molar-refractivity contribution in [2.75, 3.05) is 0 Å². The molecule has 0 atom stereocenters. The zero-order chi connectivity index (χ0) is 19.0. The van der Waals surface area contributed by atoms with Crippen LogP contribution in [0.3, 0.4) is 0 Å². The van der Waals surface area contributed by atoms with E-state index in [1.165, 1.54) is 11.8 Å². The summed E-state index contributed by atoms with van der Waals surface area (Å²) in [5, 5.41) is 13.5. The lowest BCUT2D eigenvalue weighted by atomic mass is 10.1. The molecule has 134 valence electrons. The lowest BCUT2D eigenvalue weighted by Crippen LogP contribution is -2.19. The van der Waals surface area contributed by atoms with Crippen LogP contribution in [0, 0.1) is 21.0 Å². The van der Waals surface area contributed by atoms with Crippen LogP contribution in [0.5, 0.6) is 5.75 Å². The van der Waals surface area contributed by atoms with Gasteiger partial charge in [0, 0.05) is 13.6 Å². The lowest BCUT2D eigenvalue weighted by molar-refractivity contribution is -0.115. The minimum absolute atomic E-state index is 0.177. The number of amides is 1. The Morgan fingerprint density at radius 3 is 2.50 bits per heavy atom. The molecule has 1 aliphatic heterocycles. The van der Waals surface area contributed by atoms with E-state index in [-0.39, 0.29) is 11.7 Å². The Morgan fingerprint density at radius 1 is 1.19 bits per heavy atom. The van der Waals surface area contributed by atoms with E-state index in [1.54, 1.807) is 6.08 Å². The van der Waals surface area contributed by atoms with E-state index in [0.717, 1.165) is 28.4 Å². The maximum Gasteiger partial charge on any atom is 0.264 e. The summed E-state index contributed by atoms with van der Waals surface area (Å²) in [6.07, 6.45) is 1.69. The van der Waals surface area contributed by atoms with Gasteiger partial charge in [0.05, 0.1) is 14.2 Å². The molecule has 26 heavy (non-hydrogen) atoms. The van der Waals surface area contributed by atoms with Crippen LogP contribution < -0.4 is 5.32 Å². The number of aliphatic imine (C=N–C) groups is 1. The molecule has 2 aromatic rings. The van der Waals surface area contributed by atoms with E-state index in [9.17, 15) is 9.90 Å². The number of nitrogens with one attached hydrogen (secondary N) is 1. The van der Waals surface area contributed by atoms with E-state index in [2.05, 4.69) is 71.4 Å². The second kappa shape index (κ2) is 8.19. The second-order valence-electron chi connectivity index (χ2n) is 5.70. The quantitative estimate of drug-likeness (QED) is 0.315. The van der Waals surface area contributed by atoms with Gasteiger partial charge in [0.1, 0.15) is 5.75 Å². The summed E-state index contributed by atoms with van der Waals surface area (Å²) >= 11 is 9.07. The van der Waals surface area contributed by atoms with E-state index in [1.807, 2.05) is 38.1 Å². The average Bonchev–Trinajstić information content (AvgIpc) is 2.89. The maximum atomic E-state index is 12.3. The van der Waals surface area contributed by atoms with Crippen LogP contribution in [0.2, 0.25) is 0 Å². The van der Waals surface area contributed by atoms with Crippen molar-refractivity contribution in [3.8, 4) is 5.75 Å². The fourth-order valence-electron chi connectivity index (χ4n) is 2.42. The Bertz CT molecular complexity index is 966. The summed E-state index contributed by atoms with van der Waals surface area (Å²) < 4.78 is 2.81. The van der Waals surface area contributed by atoms with Gasteiger partial charge in [0.15, 0.2) is 5.17 Å². The molecule has 0 bridgehead atoms. The molecule has 8 heteroatoms. The monoisotopic (exact) mass is 654 g/mol. The number of aromatic hydroxyl groups is 1. The molecule has 4 nitrogen and oxygen atoms in total. The van der Waals surface area contributed by atoms with Crippen LogP contribution in [0.25, 0.3) is 6.08 Å². The standard InChI is InChI=1S/C18H13BrI2N2O2S/c1-8-3-12(4-9(2)15(8)19)22-18-23-17(25)14(26-18)6-10-5-11(20)7-13(21)16(10)24/h3-7,24H,1-2H3,(H,22,23,25)/b14-6-. The predicted octanol–water partition coefficient (Wildman–Crippen LogP) is 5.87. The fourth-order valence-corrected chi connectivity index (χ4v) is 5.37. The van der Waals surface area contributed by atoms with Gasteiger partial charge >= 0.3 is 0 Å². The van der Waals surface area contributed by atoms with Gasteiger partial charge in [-0.3, -0.25) is 4.79 Å². The van der Waals surface area contributed by atoms with Crippen molar-refractivity contribution in [1.29, 1.82) is 0 Å². The summed E-state index contributed by atoms with van der Waals surface area (Å²) in [5.74, 6) is -0.0379. The summed E-state index contributed by atoms with van der Waals surface area (Å²) in [7, 11) is 0. The number of carbonyl (C=O) groups is 1. The minimum atomic E-state index is -0.215. The SMILES string of the molecule is Cc1cc(N=C2NC(=O)/C(=C/c3cc(I)cc(I)c3O)S2)cc(C)c1Br. The van der Waals surface area contributed by atoms with Gasteiger partial charge in [-0.15, -0.1) is 0 Å². The van der Waals surface area contributed by atoms with Crippen molar-refractivity contribution in [2.45, 2.75) is 13.8 Å². The smallest absolute Gasteiger partial charge is 0.264 e. The highest BCUT2D eigenvalue weighted by atomic mass is 127. The van der Waals surface area contributed by atoms with Gasteiger partial charge in [-0.05, 0) is 112 Å². The van der Waals surface area contributed by atoms with Crippen molar-refractivity contribution >= 4 is 95.7 Å². The van der Waals surface area contributed by atoms with Gasteiger partial charge < -0.3 is 10.4 Å². The van der Waals surface area contributed by atoms with E-state index < -0.39 is 0 Å². The Labute approximate surface area is 191 Å². The highest BCUT2D eigenvalue weighted by Gasteiger charge is 2.24. The number of rotatable bonds is 2. The molecule has 0 saturated carbocycles. The first kappa shape index (κ1) is 20.2. The van der Waals surface area contributed by atoms with Crippen molar-refractivity contribution in [3.63, 3.8) is 0 Å². The maximum absolute atomic E-state index is 12.3. The number of carbonyl (C=O) groups excluding carboxylic acids is 1. The number of aryl methyl sites for hydroxylation is 2. The number of benzene rings is 2. The Hall–Kier alpha value is -0.590. The Kier molecular flexibility index (Phi) is 6.35. The van der Waals surface area contributed by atoms with Gasteiger partial charge in [-0.1, -0.05) is 15.9 Å². The first-order chi connectivity index (χ1) is 12.2. The molecule has 1 aliphatic rings. The number of hydrogen-bond donors (Lipinski definition) is 2. The number of nitrogens with zero attached hydrogens (tertiary/aromatic N) is 1. The van der Waals surface area contributed by atoms with Crippen molar-refractivity contribution in [1.82, 2.24) is 5.32 Å². The fraction of sp³-hybridized carbons (Fsp3) is 0.111. The Morgan fingerprint density at radius 2 is 1.85 bits per heavy atom. The number of phenolic OH excluding ortho intramolecular Hbond substituents is 1. The largest absolute Gasteiger partial charge is 0.506 e. The lowest BCUT2D eigenvalue weighted by Gasteiger charge is -2.05. The van der Waals surface area contributed by atoms with Gasteiger partial charge in [-0.2, -0.15) is 0 Å². The molecule has 0 aliphatic carbocycles. The molecule has 0 unspecified atom stereocenters. The summed E-state index contributed by atoms with van der Waals surface area (Å²) in [6, 6.07) is 7.65. The van der Waals surface area contributed by atoms with Crippen LogP contribution in [0.4, 0.5) is 5.69 Å². The van der Waals surface area contributed by atoms with Crippen LogP contribution in [-0.2, 0) is 4.79 Å². The van der Waals surface area contributed by atoms with Gasteiger partial charge in [0.2, 0.25) is 0 Å². The van der Waals surface area contributed by atoms with E-state index >= 15 is 0 Å². The molecule has 2 N–H and O–H groups in total. The first-order valence-electron chi connectivity index (χ1n) is 7.49. The van der Waals surface area contributed by atoms with E-state index in [4.69, 9.17) is 0 Å². The highest BCUT2D eigenvalue weighted by Crippen LogP contribution is 2.34. The zero-order valence-corrected chi connectivity index (χ0v) is 20.4. The predicted molar refractivity (Wildman–Crippen MR) is 128 cm³/mol. The summed E-state index contributed by atoms with van der Waals surface area (Å²) in [6.45, 7) is 4.02. The van der Waals surface area contributed by atoms with Crippen LogP contribution in [-0.4, -0.2) is 16.2 Å². The number of phenols is 1. The number of halogens is 3. The number of thioether (sulfide) groups is 1. The Balaban J connectivity index is 1.92. The second-order valence-corrected chi connectivity index (χ2v) is 9.93. The van der Waals surface area contributed by atoms with Gasteiger partial charge in [0.25, 0.3) is 5.91 Å². The third-order valence-electron chi connectivity index (χ3n) is 3.65. The summed E-state index contributed by atoms with van der Waals surface area (Å²) in [5.41, 5.74) is 3.59. The summed E-state index contributed by atoms with van der Waals surface area (Å²) in [4.78, 5) is 17.3. The molecule has 1 fully saturated rings. The molecular weight excluding hydrogens is 642 g/mol. The molecule has 1 heterocycles. The molecule has 3 rings (SSSR count). The third-order valence-corrected chi connectivity index (χ3v) is 7.25. The minimum Gasteiger partial charge on any atom is -0.506 e. The van der Waals surface area contributed by atoms with Crippen molar-refractivity contribution < 1.29 is 9.90 Å². The van der Waals surface area contributed by atoms with Crippen LogP contribution in [0.1, 0.15) is 16.7 Å². The third kappa shape index (κ3) is 4.45. The van der Waals surface area contributed by atoms with Crippen molar-refractivity contribution in [2.24, 2.45) is 4.99 Å². The van der Waals surface area contributed by atoms with Crippen LogP contribution >= 0.6 is 72.9 Å². The molecule has 0 aromatic heterocycles. The molecule has 1 saturated heterocycles.